The van der Waals surface area contributed by atoms with Crippen LogP contribution >= 0.6 is 0 Å². The third-order valence-corrected chi connectivity index (χ3v) is 7.04. The van der Waals surface area contributed by atoms with Crippen LogP contribution in [-0.2, 0) is 11.2 Å². The second kappa shape index (κ2) is 8.52. The molecule has 0 radical (unpaired) electrons. The molecule has 1 N–H and O–H groups in total. The van der Waals surface area contributed by atoms with E-state index in [1.807, 2.05) is 23.1 Å². The fourth-order valence-corrected chi connectivity index (χ4v) is 5.14. The van der Waals surface area contributed by atoms with Gasteiger partial charge in [-0.1, -0.05) is 25.1 Å². The number of amides is 1. The lowest BCUT2D eigenvalue weighted by Gasteiger charge is -2.39. The number of rotatable bonds is 4. The number of piperidine rings is 2. The zero-order valence-electron chi connectivity index (χ0n) is 17.1. The molecule has 1 atom stereocenters. The van der Waals surface area contributed by atoms with Gasteiger partial charge in [-0.25, -0.2) is 0 Å². The number of carbonyl (C=O) groups is 1. The van der Waals surface area contributed by atoms with Crippen molar-refractivity contribution in [2.75, 3.05) is 39.3 Å². The Morgan fingerprint density at radius 2 is 1.89 bits per heavy atom. The Morgan fingerprint density at radius 3 is 2.61 bits per heavy atom. The van der Waals surface area contributed by atoms with Crippen LogP contribution in [0.1, 0.15) is 54.9 Å². The largest absolute Gasteiger partial charge is 0.393 e. The lowest BCUT2D eigenvalue weighted by Crippen LogP contribution is -2.44. The monoisotopic (exact) mass is 386 g/mol. The van der Waals surface area contributed by atoms with Gasteiger partial charge in [-0.2, -0.15) is 0 Å². The smallest absolute Gasteiger partial charge is 0.254 e. The Labute approximate surface area is 168 Å². The standard InChI is InChI=1S/C23H34N2O3/c1-2-18-5-3-4-6-21(18)22(27)25-13-9-23(10-14-25)15-20(28-17-23)16-24-11-7-19(26)8-12-24/h3-6,19-20,26H,2,7-17H2,1H3/t20-/m0/s1. The van der Waals surface area contributed by atoms with Crippen molar-refractivity contribution in [1.29, 1.82) is 0 Å². The molecule has 5 heteroatoms. The van der Waals surface area contributed by atoms with E-state index in [0.29, 0.717) is 6.10 Å². The first kappa shape index (κ1) is 19.9. The van der Waals surface area contributed by atoms with E-state index in [2.05, 4.69) is 17.9 Å². The first-order valence-electron chi connectivity index (χ1n) is 11.0. The number of hydrogen-bond acceptors (Lipinski definition) is 4. The molecule has 4 rings (SSSR count). The van der Waals surface area contributed by atoms with Crippen molar-refractivity contribution in [3.63, 3.8) is 0 Å². The number of carbonyl (C=O) groups excluding carboxylic acids is 1. The summed E-state index contributed by atoms with van der Waals surface area (Å²) >= 11 is 0. The minimum atomic E-state index is -0.119. The Bertz CT molecular complexity index is 676. The molecule has 3 aliphatic rings. The Balaban J connectivity index is 1.30. The highest BCUT2D eigenvalue weighted by Crippen LogP contribution is 2.42. The maximum absolute atomic E-state index is 13.0. The van der Waals surface area contributed by atoms with Crippen molar-refractivity contribution in [1.82, 2.24) is 9.80 Å². The molecule has 0 unspecified atom stereocenters. The average Bonchev–Trinajstić information content (AvgIpc) is 3.11. The molecule has 154 valence electrons. The normalized spacial score (nSPS) is 26.1. The summed E-state index contributed by atoms with van der Waals surface area (Å²) in [5, 5.41) is 9.68. The molecule has 0 aliphatic carbocycles. The number of nitrogens with zero attached hydrogens (tertiary/aromatic N) is 2. The van der Waals surface area contributed by atoms with Crippen LogP contribution in [0.25, 0.3) is 0 Å². The number of likely N-dealkylation sites (tertiary alicyclic amines) is 2. The van der Waals surface area contributed by atoms with Gasteiger partial charge in [0.2, 0.25) is 0 Å². The molecular formula is C23H34N2O3. The quantitative estimate of drug-likeness (QED) is 0.865. The first-order chi connectivity index (χ1) is 13.6. The summed E-state index contributed by atoms with van der Waals surface area (Å²) in [5.41, 5.74) is 2.26. The summed E-state index contributed by atoms with van der Waals surface area (Å²) in [4.78, 5) is 17.5. The number of aryl methyl sites for hydroxylation is 1. The summed E-state index contributed by atoms with van der Waals surface area (Å²) in [6, 6.07) is 8.01. The molecule has 1 aromatic carbocycles. The molecule has 1 amide bonds. The van der Waals surface area contributed by atoms with Crippen molar-refractivity contribution < 1.29 is 14.6 Å². The van der Waals surface area contributed by atoms with Gasteiger partial charge in [0.05, 0.1) is 18.8 Å². The van der Waals surface area contributed by atoms with E-state index in [4.69, 9.17) is 4.74 Å². The number of aliphatic hydroxyl groups excluding tert-OH is 1. The Kier molecular flexibility index (Phi) is 6.04. The zero-order chi connectivity index (χ0) is 19.6. The molecular weight excluding hydrogens is 352 g/mol. The van der Waals surface area contributed by atoms with Gasteiger partial charge >= 0.3 is 0 Å². The van der Waals surface area contributed by atoms with E-state index < -0.39 is 0 Å². The van der Waals surface area contributed by atoms with Crippen LogP contribution in [0, 0.1) is 5.41 Å². The molecule has 3 heterocycles. The molecule has 3 saturated heterocycles. The van der Waals surface area contributed by atoms with Crippen LogP contribution in [-0.4, -0.2) is 72.4 Å². The molecule has 1 aromatic rings. The predicted molar refractivity (Wildman–Crippen MR) is 109 cm³/mol. The zero-order valence-corrected chi connectivity index (χ0v) is 17.1. The second-order valence-corrected chi connectivity index (χ2v) is 8.97. The van der Waals surface area contributed by atoms with Crippen molar-refractivity contribution in [2.45, 2.75) is 57.7 Å². The molecule has 28 heavy (non-hydrogen) atoms. The van der Waals surface area contributed by atoms with Gasteiger partial charge in [-0.3, -0.25) is 4.79 Å². The summed E-state index contributed by atoms with van der Waals surface area (Å²) < 4.78 is 6.19. The van der Waals surface area contributed by atoms with Gasteiger partial charge in [0.25, 0.3) is 5.91 Å². The van der Waals surface area contributed by atoms with Crippen molar-refractivity contribution in [3.8, 4) is 0 Å². The highest BCUT2D eigenvalue weighted by molar-refractivity contribution is 5.95. The van der Waals surface area contributed by atoms with Gasteiger partial charge in [0.15, 0.2) is 0 Å². The summed E-state index contributed by atoms with van der Waals surface area (Å²) in [5.74, 6) is 0.189. The lowest BCUT2D eigenvalue weighted by atomic mass is 9.76. The Morgan fingerprint density at radius 1 is 1.18 bits per heavy atom. The van der Waals surface area contributed by atoms with E-state index in [-0.39, 0.29) is 17.4 Å². The minimum Gasteiger partial charge on any atom is -0.393 e. The third-order valence-electron chi connectivity index (χ3n) is 7.04. The van der Waals surface area contributed by atoms with E-state index in [0.717, 1.165) is 89.0 Å². The fourth-order valence-electron chi connectivity index (χ4n) is 5.14. The van der Waals surface area contributed by atoms with E-state index >= 15 is 0 Å². The van der Waals surface area contributed by atoms with Crippen molar-refractivity contribution in [2.24, 2.45) is 5.41 Å². The summed E-state index contributed by atoms with van der Waals surface area (Å²) in [6.45, 7) is 7.56. The van der Waals surface area contributed by atoms with Crippen LogP contribution in [0.4, 0.5) is 0 Å². The van der Waals surface area contributed by atoms with Crippen LogP contribution in [0.2, 0.25) is 0 Å². The fraction of sp³-hybridized carbons (Fsp3) is 0.696. The van der Waals surface area contributed by atoms with Gasteiger partial charge in [-0.05, 0) is 55.6 Å². The first-order valence-corrected chi connectivity index (χ1v) is 11.0. The molecule has 5 nitrogen and oxygen atoms in total. The van der Waals surface area contributed by atoms with Crippen LogP contribution in [0.15, 0.2) is 24.3 Å². The van der Waals surface area contributed by atoms with Crippen LogP contribution < -0.4 is 0 Å². The highest BCUT2D eigenvalue weighted by Gasteiger charge is 2.43. The molecule has 1 spiro atoms. The van der Waals surface area contributed by atoms with Gasteiger partial charge in [0, 0.05) is 38.3 Å². The predicted octanol–water partition coefficient (Wildman–Crippen LogP) is 2.72. The third kappa shape index (κ3) is 4.27. The van der Waals surface area contributed by atoms with Crippen LogP contribution in [0.3, 0.4) is 0 Å². The maximum atomic E-state index is 13.0. The molecule has 0 saturated carbocycles. The second-order valence-electron chi connectivity index (χ2n) is 8.97. The summed E-state index contributed by atoms with van der Waals surface area (Å²) in [7, 11) is 0. The molecule has 3 fully saturated rings. The lowest BCUT2D eigenvalue weighted by molar-refractivity contribution is 0.0302. The van der Waals surface area contributed by atoms with Crippen molar-refractivity contribution in [3.05, 3.63) is 35.4 Å². The van der Waals surface area contributed by atoms with Crippen LogP contribution in [0.5, 0.6) is 0 Å². The van der Waals surface area contributed by atoms with Gasteiger partial charge in [0.1, 0.15) is 0 Å². The number of ether oxygens (including phenoxy) is 1. The van der Waals surface area contributed by atoms with Crippen molar-refractivity contribution >= 4 is 5.91 Å². The number of benzene rings is 1. The minimum absolute atomic E-state index is 0.119. The van der Waals surface area contributed by atoms with E-state index in [1.165, 1.54) is 0 Å². The van der Waals surface area contributed by atoms with Gasteiger partial charge in [-0.15, -0.1) is 0 Å². The summed E-state index contributed by atoms with van der Waals surface area (Å²) in [6.07, 6.45) is 6.04. The molecule has 0 bridgehead atoms. The maximum Gasteiger partial charge on any atom is 0.254 e. The number of aliphatic hydroxyl groups is 1. The number of hydrogen-bond donors (Lipinski definition) is 1. The average molecular weight is 387 g/mol. The van der Waals surface area contributed by atoms with E-state index in [9.17, 15) is 9.90 Å². The molecule has 0 aromatic heterocycles. The SMILES string of the molecule is CCc1ccccc1C(=O)N1CCC2(CC1)CO[C@H](CN1CCC(O)CC1)C2. The Hall–Kier alpha value is -1.43. The van der Waals surface area contributed by atoms with Gasteiger partial charge < -0.3 is 19.6 Å². The van der Waals surface area contributed by atoms with E-state index in [1.54, 1.807) is 0 Å². The topological polar surface area (TPSA) is 53.0 Å². The highest BCUT2D eigenvalue weighted by atomic mass is 16.5. The molecule has 3 aliphatic heterocycles.